The van der Waals surface area contributed by atoms with Crippen LogP contribution in [0.2, 0.25) is 0 Å². The number of carbonyl (C=O) groups excluding carboxylic acids is 1. The summed E-state index contributed by atoms with van der Waals surface area (Å²) in [6, 6.07) is 11.7. The van der Waals surface area contributed by atoms with E-state index in [1.807, 2.05) is 18.3 Å². The van der Waals surface area contributed by atoms with Gasteiger partial charge in [-0.15, -0.1) is 0 Å². The minimum absolute atomic E-state index is 0.343. The molecular weight excluding hydrogens is 276 g/mol. The van der Waals surface area contributed by atoms with Crippen molar-refractivity contribution in [3.63, 3.8) is 0 Å². The molecule has 0 spiro atoms. The van der Waals surface area contributed by atoms with Gasteiger partial charge in [0.2, 0.25) is 0 Å². The number of furan rings is 1. The van der Waals surface area contributed by atoms with Crippen LogP contribution in [0.25, 0.3) is 22.2 Å². The molecule has 0 atom stereocenters. The third kappa shape index (κ3) is 2.08. The Morgan fingerprint density at radius 2 is 1.95 bits per heavy atom. The second kappa shape index (κ2) is 5.30. The molecule has 3 aromatic rings. The van der Waals surface area contributed by atoms with E-state index in [1.165, 1.54) is 18.5 Å². The number of benzene rings is 1. The van der Waals surface area contributed by atoms with E-state index in [0.717, 1.165) is 35.8 Å². The van der Waals surface area contributed by atoms with Crippen LogP contribution in [0.3, 0.4) is 0 Å². The standard InChI is InChI=1S/C18H16N2O2/c21-12-13-5-8-17(22-13)14-6-7-16(20-10-1-2-11-20)18-15(14)4-3-9-19-18/h3-9,12H,1-2,10-11H2. The molecule has 3 heterocycles. The Hall–Kier alpha value is -2.62. The lowest BCUT2D eigenvalue weighted by Crippen LogP contribution is -2.18. The average molecular weight is 292 g/mol. The Kier molecular flexibility index (Phi) is 3.15. The van der Waals surface area contributed by atoms with Gasteiger partial charge < -0.3 is 9.32 Å². The zero-order chi connectivity index (χ0) is 14.9. The lowest BCUT2D eigenvalue weighted by molar-refractivity contribution is 0.110. The van der Waals surface area contributed by atoms with Gasteiger partial charge in [0.15, 0.2) is 12.0 Å². The van der Waals surface area contributed by atoms with Crippen LogP contribution in [0.1, 0.15) is 23.4 Å². The Labute approximate surface area is 128 Å². The highest BCUT2D eigenvalue weighted by atomic mass is 16.3. The molecule has 2 aromatic heterocycles. The smallest absolute Gasteiger partial charge is 0.185 e. The molecule has 0 radical (unpaired) electrons. The molecule has 4 rings (SSSR count). The maximum atomic E-state index is 10.8. The van der Waals surface area contributed by atoms with Crippen molar-refractivity contribution >= 4 is 22.9 Å². The fraction of sp³-hybridized carbons (Fsp3) is 0.222. The minimum Gasteiger partial charge on any atom is -0.453 e. The molecule has 0 unspecified atom stereocenters. The summed E-state index contributed by atoms with van der Waals surface area (Å²) in [5.74, 6) is 1.05. The SMILES string of the molecule is O=Cc1ccc(-c2ccc(N3CCCC3)c3ncccc23)o1. The number of pyridine rings is 1. The number of anilines is 1. The summed E-state index contributed by atoms with van der Waals surface area (Å²) >= 11 is 0. The lowest BCUT2D eigenvalue weighted by Gasteiger charge is -2.20. The summed E-state index contributed by atoms with van der Waals surface area (Å²) in [6.45, 7) is 2.17. The molecule has 1 aromatic carbocycles. The highest BCUT2D eigenvalue weighted by Gasteiger charge is 2.18. The van der Waals surface area contributed by atoms with E-state index in [-0.39, 0.29) is 0 Å². The predicted octanol–water partition coefficient (Wildman–Crippen LogP) is 3.91. The van der Waals surface area contributed by atoms with E-state index in [9.17, 15) is 4.79 Å². The van der Waals surface area contributed by atoms with E-state index in [2.05, 4.69) is 28.1 Å². The zero-order valence-corrected chi connectivity index (χ0v) is 12.2. The quantitative estimate of drug-likeness (QED) is 0.687. The number of nitrogens with zero attached hydrogens (tertiary/aromatic N) is 2. The van der Waals surface area contributed by atoms with Gasteiger partial charge in [-0.05, 0) is 43.2 Å². The fourth-order valence-electron chi connectivity index (χ4n) is 3.15. The molecule has 110 valence electrons. The van der Waals surface area contributed by atoms with Gasteiger partial charge in [-0.1, -0.05) is 6.07 Å². The van der Waals surface area contributed by atoms with E-state index in [4.69, 9.17) is 4.42 Å². The van der Waals surface area contributed by atoms with Crippen LogP contribution in [0.5, 0.6) is 0 Å². The summed E-state index contributed by atoms with van der Waals surface area (Å²) < 4.78 is 5.58. The number of aldehydes is 1. The van der Waals surface area contributed by atoms with E-state index < -0.39 is 0 Å². The third-order valence-corrected chi connectivity index (χ3v) is 4.20. The highest BCUT2D eigenvalue weighted by Crippen LogP contribution is 2.35. The maximum Gasteiger partial charge on any atom is 0.185 e. The number of fused-ring (bicyclic) bond motifs is 1. The summed E-state index contributed by atoms with van der Waals surface area (Å²) in [5.41, 5.74) is 3.14. The Morgan fingerprint density at radius 3 is 2.73 bits per heavy atom. The first-order chi connectivity index (χ1) is 10.9. The normalized spacial score (nSPS) is 14.6. The van der Waals surface area contributed by atoms with Gasteiger partial charge in [0.05, 0.1) is 11.2 Å². The van der Waals surface area contributed by atoms with E-state index in [1.54, 1.807) is 6.07 Å². The molecule has 0 bridgehead atoms. The van der Waals surface area contributed by atoms with Crippen molar-refractivity contribution in [2.75, 3.05) is 18.0 Å². The molecule has 0 amide bonds. The van der Waals surface area contributed by atoms with Gasteiger partial charge in [0.25, 0.3) is 0 Å². The predicted molar refractivity (Wildman–Crippen MR) is 86.3 cm³/mol. The van der Waals surface area contributed by atoms with Crippen molar-refractivity contribution < 1.29 is 9.21 Å². The summed E-state index contributed by atoms with van der Waals surface area (Å²) in [6.07, 6.45) is 5.02. The summed E-state index contributed by atoms with van der Waals surface area (Å²) in [7, 11) is 0. The first-order valence-corrected chi connectivity index (χ1v) is 7.55. The fourth-order valence-corrected chi connectivity index (χ4v) is 3.15. The van der Waals surface area contributed by atoms with Gasteiger partial charge in [-0.2, -0.15) is 0 Å². The van der Waals surface area contributed by atoms with Crippen LogP contribution in [-0.4, -0.2) is 24.4 Å². The third-order valence-electron chi connectivity index (χ3n) is 4.20. The maximum absolute atomic E-state index is 10.8. The van der Waals surface area contributed by atoms with Crippen molar-refractivity contribution in [2.24, 2.45) is 0 Å². The van der Waals surface area contributed by atoms with Crippen LogP contribution in [0.4, 0.5) is 5.69 Å². The first-order valence-electron chi connectivity index (χ1n) is 7.55. The van der Waals surface area contributed by atoms with Gasteiger partial charge in [-0.25, -0.2) is 0 Å². The second-order valence-electron chi connectivity index (χ2n) is 5.55. The Bertz CT molecular complexity index is 832. The molecule has 0 saturated carbocycles. The molecule has 0 N–H and O–H groups in total. The molecule has 1 saturated heterocycles. The number of carbonyl (C=O) groups is 1. The molecule has 1 aliphatic heterocycles. The number of aromatic nitrogens is 1. The van der Waals surface area contributed by atoms with Crippen LogP contribution in [0, 0.1) is 0 Å². The number of hydrogen-bond acceptors (Lipinski definition) is 4. The molecule has 4 heteroatoms. The van der Waals surface area contributed by atoms with Crippen LogP contribution in [-0.2, 0) is 0 Å². The number of rotatable bonds is 3. The second-order valence-corrected chi connectivity index (χ2v) is 5.55. The van der Waals surface area contributed by atoms with Crippen LogP contribution in [0.15, 0.2) is 47.0 Å². The van der Waals surface area contributed by atoms with Crippen molar-refractivity contribution in [3.8, 4) is 11.3 Å². The molecule has 4 nitrogen and oxygen atoms in total. The Morgan fingerprint density at radius 1 is 1.09 bits per heavy atom. The minimum atomic E-state index is 0.343. The van der Waals surface area contributed by atoms with E-state index in [0.29, 0.717) is 11.5 Å². The number of hydrogen-bond donors (Lipinski definition) is 0. The van der Waals surface area contributed by atoms with Crippen molar-refractivity contribution in [1.29, 1.82) is 0 Å². The topological polar surface area (TPSA) is 46.3 Å². The lowest BCUT2D eigenvalue weighted by atomic mass is 10.0. The summed E-state index contributed by atoms with van der Waals surface area (Å²) in [5, 5.41) is 1.05. The van der Waals surface area contributed by atoms with Crippen molar-refractivity contribution in [3.05, 3.63) is 48.4 Å². The molecule has 1 aliphatic rings. The monoisotopic (exact) mass is 292 g/mol. The van der Waals surface area contributed by atoms with Crippen molar-refractivity contribution in [1.82, 2.24) is 4.98 Å². The zero-order valence-electron chi connectivity index (χ0n) is 12.2. The van der Waals surface area contributed by atoms with Gasteiger partial charge >= 0.3 is 0 Å². The average Bonchev–Trinajstić information content (AvgIpc) is 3.25. The first kappa shape index (κ1) is 13.1. The molecule has 0 aliphatic carbocycles. The Balaban J connectivity index is 1.90. The largest absolute Gasteiger partial charge is 0.453 e. The van der Waals surface area contributed by atoms with Gasteiger partial charge in [0.1, 0.15) is 5.76 Å². The molecule has 22 heavy (non-hydrogen) atoms. The summed E-state index contributed by atoms with van der Waals surface area (Å²) in [4.78, 5) is 17.8. The molecular formula is C18H16N2O2. The highest BCUT2D eigenvalue weighted by molar-refractivity contribution is 6.00. The van der Waals surface area contributed by atoms with Crippen molar-refractivity contribution in [2.45, 2.75) is 12.8 Å². The van der Waals surface area contributed by atoms with E-state index >= 15 is 0 Å². The van der Waals surface area contributed by atoms with Gasteiger partial charge in [-0.3, -0.25) is 9.78 Å². The molecule has 1 fully saturated rings. The van der Waals surface area contributed by atoms with Crippen LogP contribution < -0.4 is 4.90 Å². The van der Waals surface area contributed by atoms with Gasteiger partial charge in [0, 0.05) is 30.2 Å². The van der Waals surface area contributed by atoms with Crippen LogP contribution >= 0.6 is 0 Å².